The molecule has 9 atom stereocenters. The maximum atomic E-state index is 12.2. The highest BCUT2D eigenvalue weighted by Gasteiger charge is 2.60. The van der Waals surface area contributed by atoms with Crippen LogP contribution in [0.4, 0.5) is 0 Å². The summed E-state index contributed by atoms with van der Waals surface area (Å²) in [6, 6.07) is 0.418. The smallest absolute Gasteiger partial charge is 0.245 e. The zero-order chi connectivity index (χ0) is 24.0. The van der Waals surface area contributed by atoms with Crippen molar-refractivity contribution < 1.29 is 4.79 Å². The third kappa shape index (κ3) is 4.47. The lowest BCUT2D eigenvalue weighted by atomic mass is 9.44. The largest absolute Gasteiger partial charge is 0.339 e. The average Bonchev–Trinajstić information content (AvgIpc) is 3.14. The highest BCUT2D eigenvalue weighted by Crippen LogP contribution is 2.68. The van der Waals surface area contributed by atoms with Crippen LogP contribution < -0.4 is 0 Å². The topological polar surface area (TPSA) is 20.3 Å². The Balaban J connectivity index is 1.43. The van der Waals surface area contributed by atoms with Crippen molar-refractivity contribution in [1.82, 2.24) is 4.90 Å². The van der Waals surface area contributed by atoms with E-state index in [9.17, 15) is 4.79 Å². The zero-order valence-electron chi connectivity index (χ0n) is 22.7. The predicted octanol–water partition coefficient (Wildman–Crippen LogP) is 8.12. The fourth-order valence-electron chi connectivity index (χ4n) is 9.94. The highest BCUT2D eigenvalue weighted by atomic mass is 16.2. The van der Waals surface area contributed by atoms with Gasteiger partial charge in [0.2, 0.25) is 5.91 Å². The zero-order valence-corrected chi connectivity index (χ0v) is 22.7. The van der Waals surface area contributed by atoms with Crippen LogP contribution in [-0.4, -0.2) is 23.9 Å². The number of hydrogen-bond acceptors (Lipinski definition) is 1. The lowest BCUT2D eigenvalue weighted by molar-refractivity contribution is -0.137. The molecule has 0 spiro atoms. The summed E-state index contributed by atoms with van der Waals surface area (Å²) in [6.07, 6.45) is 18.2. The Morgan fingerprint density at radius 1 is 0.970 bits per heavy atom. The summed E-state index contributed by atoms with van der Waals surface area (Å²) in [5.74, 6) is 6.45. The van der Waals surface area contributed by atoms with Crippen molar-refractivity contribution in [3.8, 4) is 0 Å². The van der Waals surface area contributed by atoms with E-state index in [1.165, 1.54) is 83.1 Å². The third-order valence-corrected chi connectivity index (χ3v) is 11.9. The van der Waals surface area contributed by atoms with Gasteiger partial charge in [-0.1, -0.05) is 60.5 Å². The van der Waals surface area contributed by atoms with Crippen LogP contribution in [0.1, 0.15) is 112 Å². The van der Waals surface area contributed by atoms with Crippen molar-refractivity contribution in [2.24, 2.45) is 52.3 Å². The Morgan fingerprint density at radius 2 is 1.67 bits per heavy atom. The lowest BCUT2D eigenvalue weighted by Gasteiger charge is -2.61. The highest BCUT2D eigenvalue weighted by molar-refractivity contribution is 5.87. The van der Waals surface area contributed by atoms with E-state index in [0.29, 0.717) is 16.9 Å². The Morgan fingerprint density at radius 3 is 2.36 bits per heavy atom. The second kappa shape index (κ2) is 9.69. The summed E-state index contributed by atoms with van der Waals surface area (Å²) in [4.78, 5) is 14.2. The monoisotopic (exact) mass is 455 g/mol. The molecule has 4 aliphatic rings. The van der Waals surface area contributed by atoms with Gasteiger partial charge in [-0.05, 0) is 116 Å². The van der Waals surface area contributed by atoms with E-state index in [1.807, 2.05) is 11.9 Å². The van der Waals surface area contributed by atoms with Crippen LogP contribution in [-0.2, 0) is 4.79 Å². The number of rotatable bonds is 7. The molecule has 0 aromatic carbocycles. The third-order valence-electron chi connectivity index (χ3n) is 11.9. The first kappa shape index (κ1) is 25.3. The molecule has 0 N–H and O–H groups in total. The Hall–Kier alpha value is -0.790. The number of likely N-dealkylation sites (N-methyl/N-ethyl adjacent to an activating group) is 1. The summed E-state index contributed by atoms with van der Waals surface area (Å²) in [5, 5.41) is 0. The standard InChI is InChI=1S/C31H53NO/c1-8-29(33)32(7)24-16-18-30(5)23(20-24)12-13-25-27-15-14-26(22(4)11-9-10-21(2)3)31(27,6)19-17-28(25)30/h8,21-28H,1,9-20H2,2-7H3/t22-,23-,24-,25?,26-,27?,28?,30+,31-/m1/s1. The SMILES string of the molecule is C=CC(=O)N(C)[C@@H]1CC[C@]2(C)C3CC[C@@]4(C)C(CC[C@@H]4[C@H](C)CCCC(C)C)C3CC[C@@H]2C1. The molecule has 4 aliphatic carbocycles. The van der Waals surface area contributed by atoms with Gasteiger partial charge in [0.25, 0.3) is 0 Å². The second-order valence-corrected chi connectivity index (χ2v) is 13.8. The molecule has 4 saturated carbocycles. The van der Waals surface area contributed by atoms with Crippen molar-refractivity contribution >= 4 is 5.91 Å². The van der Waals surface area contributed by atoms with Gasteiger partial charge in [-0.3, -0.25) is 4.79 Å². The van der Waals surface area contributed by atoms with Crippen LogP contribution in [0.15, 0.2) is 12.7 Å². The van der Waals surface area contributed by atoms with Crippen LogP contribution in [0, 0.1) is 52.3 Å². The minimum Gasteiger partial charge on any atom is -0.339 e. The Kier molecular flexibility index (Phi) is 7.43. The van der Waals surface area contributed by atoms with Crippen molar-refractivity contribution in [2.45, 2.75) is 118 Å². The summed E-state index contributed by atoms with van der Waals surface area (Å²) < 4.78 is 0. The van der Waals surface area contributed by atoms with Gasteiger partial charge in [-0.25, -0.2) is 0 Å². The molecule has 2 nitrogen and oxygen atoms in total. The first-order chi connectivity index (χ1) is 15.6. The maximum absolute atomic E-state index is 12.2. The molecule has 188 valence electrons. The van der Waals surface area contributed by atoms with Gasteiger partial charge < -0.3 is 4.90 Å². The molecule has 0 aliphatic heterocycles. The van der Waals surface area contributed by atoms with E-state index in [4.69, 9.17) is 0 Å². The fraction of sp³-hybridized carbons (Fsp3) is 0.903. The summed E-state index contributed by atoms with van der Waals surface area (Å²) in [6.45, 7) is 16.4. The van der Waals surface area contributed by atoms with Crippen molar-refractivity contribution in [1.29, 1.82) is 0 Å². The van der Waals surface area contributed by atoms with Crippen molar-refractivity contribution in [3.63, 3.8) is 0 Å². The summed E-state index contributed by atoms with van der Waals surface area (Å²) in [7, 11) is 2.00. The van der Waals surface area contributed by atoms with Gasteiger partial charge >= 0.3 is 0 Å². The van der Waals surface area contributed by atoms with Crippen LogP contribution in [0.25, 0.3) is 0 Å². The quantitative estimate of drug-likeness (QED) is 0.355. The van der Waals surface area contributed by atoms with Gasteiger partial charge in [0.05, 0.1) is 0 Å². The Labute approximate surface area is 205 Å². The molecule has 0 bridgehead atoms. The van der Waals surface area contributed by atoms with Gasteiger partial charge in [0.15, 0.2) is 0 Å². The van der Waals surface area contributed by atoms with Gasteiger partial charge in [0.1, 0.15) is 0 Å². The normalized spacial score (nSPS) is 43.4. The second-order valence-electron chi connectivity index (χ2n) is 13.8. The molecule has 0 aromatic rings. The maximum Gasteiger partial charge on any atom is 0.245 e. The molecule has 2 heteroatoms. The number of nitrogens with zero attached hydrogens (tertiary/aromatic N) is 1. The molecule has 3 unspecified atom stereocenters. The molecular weight excluding hydrogens is 402 g/mol. The van der Waals surface area contributed by atoms with E-state index in [1.54, 1.807) is 0 Å². The van der Waals surface area contributed by atoms with E-state index in [0.717, 1.165) is 41.4 Å². The molecule has 0 aromatic heterocycles. The average molecular weight is 456 g/mol. The van der Waals surface area contributed by atoms with Gasteiger partial charge in [-0.15, -0.1) is 0 Å². The summed E-state index contributed by atoms with van der Waals surface area (Å²) in [5.41, 5.74) is 1.09. The first-order valence-corrected chi connectivity index (χ1v) is 14.5. The van der Waals surface area contributed by atoms with Crippen LogP contribution >= 0.6 is 0 Å². The first-order valence-electron chi connectivity index (χ1n) is 14.5. The van der Waals surface area contributed by atoms with Crippen molar-refractivity contribution in [3.05, 3.63) is 12.7 Å². The van der Waals surface area contributed by atoms with E-state index in [-0.39, 0.29) is 5.91 Å². The molecule has 1 amide bonds. The number of carbonyl (C=O) groups is 1. The number of hydrogen-bond donors (Lipinski definition) is 0. The van der Waals surface area contributed by atoms with Crippen LogP contribution in [0.5, 0.6) is 0 Å². The molecule has 4 fully saturated rings. The van der Waals surface area contributed by atoms with Crippen LogP contribution in [0.2, 0.25) is 0 Å². The molecule has 0 radical (unpaired) electrons. The fourth-order valence-corrected chi connectivity index (χ4v) is 9.94. The van der Waals surface area contributed by atoms with Gasteiger partial charge in [0, 0.05) is 13.1 Å². The van der Waals surface area contributed by atoms with E-state index < -0.39 is 0 Å². The molecular formula is C31H53NO. The predicted molar refractivity (Wildman–Crippen MR) is 140 cm³/mol. The minimum absolute atomic E-state index is 0.102. The van der Waals surface area contributed by atoms with Crippen LogP contribution in [0.3, 0.4) is 0 Å². The minimum atomic E-state index is 0.102. The molecule has 0 heterocycles. The molecule has 33 heavy (non-hydrogen) atoms. The number of amides is 1. The number of carbonyl (C=O) groups excluding carboxylic acids is 1. The van der Waals surface area contributed by atoms with E-state index >= 15 is 0 Å². The number of fused-ring (bicyclic) bond motifs is 5. The van der Waals surface area contributed by atoms with Crippen molar-refractivity contribution in [2.75, 3.05) is 7.05 Å². The van der Waals surface area contributed by atoms with E-state index in [2.05, 4.69) is 41.2 Å². The lowest BCUT2D eigenvalue weighted by Crippen LogP contribution is -2.55. The van der Waals surface area contributed by atoms with Gasteiger partial charge in [-0.2, -0.15) is 0 Å². The Bertz CT molecular complexity index is 714. The molecule has 4 rings (SSSR count). The summed E-state index contributed by atoms with van der Waals surface area (Å²) >= 11 is 0. The molecule has 0 saturated heterocycles.